The van der Waals surface area contributed by atoms with Gasteiger partial charge < -0.3 is 0 Å². The van der Waals surface area contributed by atoms with E-state index in [1.54, 1.807) is 30.3 Å². The van der Waals surface area contributed by atoms with Gasteiger partial charge in [-0.1, -0.05) is 30.3 Å². The van der Waals surface area contributed by atoms with Crippen LogP contribution >= 0.6 is 12.6 Å². The van der Waals surface area contributed by atoms with Gasteiger partial charge >= 0.3 is 0 Å². The van der Waals surface area contributed by atoms with Gasteiger partial charge in [-0.2, -0.15) is 0 Å². The fraction of sp³-hybridized carbons (Fsp3) is 0.143. The van der Waals surface area contributed by atoms with Crippen LogP contribution in [0.1, 0.15) is 10.9 Å². The zero-order valence-electron chi connectivity index (χ0n) is 5.64. The molecule has 0 aliphatic rings. The van der Waals surface area contributed by atoms with Crippen molar-refractivity contribution in [1.82, 2.24) is 0 Å². The van der Waals surface area contributed by atoms with Crippen LogP contribution in [0.4, 0.5) is 0 Å². The highest BCUT2D eigenvalue weighted by molar-refractivity contribution is 7.80. The van der Waals surface area contributed by atoms with Gasteiger partial charge in [0, 0.05) is 10.5 Å². The summed E-state index contributed by atoms with van der Waals surface area (Å²) in [7, 11) is 0. The summed E-state index contributed by atoms with van der Waals surface area (Å²) in [6.07, 6.45) is 0. The SMILES string of the molecule is O=[N+]([O-])C([S])c1ccccc1. The van der Waals surface area contributed by atoms with Crippen LogP contribution in [0.5, 0.6) is 0 Å². The van der Waals surface area contributed by atoms with Crippen LogP contribution in [0.3, 0.4) is 0 Å². The third kappa shape index (κ3) is 1.94. The molecule has 0 amide bonds. The molecule has 0 bridgehead atoms. The number of hydrogen-bond donors (Lipinski definition) is 0. The Bertz CT molecular complexity index is 250. The van der Waals surface area contributed by atoms with E-state index in [1.807, 2.05) is 0 Å². The van der Waals surface area contributed by atoms with Crippen molar-refractivity contribution in [2.75, 3.05) is 0 Å². The summed E-state index contributed by atoms with van der Waals surface area (Å²) in [6, 6.07) is 8.57. The Morgan fingerprint density at radius 3 is 2.36 bits per heavy atom. The average Bonchev–Trinajstić information content (AvgIpc) is 2.05. The van der Waals surface area contributed by atoms with Crippen LogP contribution in [0.2, 0.25) is 0 Å². The third-order valence-electron chi connectivity index (χ3n) is 1.28. The summed E-state index contributed by atoms with van der Waals surface area (Å²) in [5, 5.41) is 9.18. The maximum absolute atomic E-state index is 10.2. The molecule has 1 aromatic carbocycles. The van der Waals surface area contributed by atoms with Crippen LogP contribution in [-0.4, -0.2) is 4.92 Å². The molecule has 0 spiro atoms. The standard InChI is InChI=1S/C7H6NO2S/c9-8(10)7(11)6-4-2-1-3-5-6/h1-5,7H. The molecular formula is C7H6NO2S. The second-order valence-corrected chi connectivity index (χ2v) is 2.49. The van der Waals surface area contributed by atoms with E-state index in [2.05, 4.69) is 12.6 Å². The first-order valence-corrected chi connectivity index (χ1v) is 3.53. The molecule has 0 fully saturated rings. The number of nitrogens with zero attached hydrogens (tertiary/aromatic N) is 1. The van der Waals surface area contributed by atoms with Crippen molar-refractivity contribution in [3.8, 4) is 0 Å². The molecule has 1 radical (unpaired) electrons. The van der Waals surface area contributed by atoms with Crippen LogP contribution in [0.15, 0.2) is 30.3 Å². The number of hydrogen-bond acceptors (Lipinski definition) is 2. The van der Waals surface area contributed by atoms with Crippen molar-refractivity contribution >= 4 is 12.6 Å². The lowest BCUT2D eigenvalue weighted by Gasteiger charge is -1.99. The molecule has 0 heterocycles. The molecule has 4 heteroatoms. The first-order chi connectivity index (χ1) is 5.22. The summed E-state index contributed by atoms with van der Waals surface area (Å²) in [5.74, 6) is 0. The summed E-state index contributed by atoms with van der Waals surface area (Å²) < 4.78 is 0. The van der Waals surface area contributed by atoms with E-state index in [1.165, 1.54) is 0 Å². The van der Waals surface area contributed by atoms with Crippen molar-refractivity contribution in [1.29, 1.82) is 0 Å². The van der Waals surface area contributed by atoms with Crippen molar-refractivity contribution in [3.63, 3.8) is 0 Å². The largest absolute Gasteiger partial charge is 0.293 e. The van der Waals surface area contributed by atoms with Gasteiger partial charge in [0.15, 0.2) is 0 Å². The lowest BCUT2D eigenvalue weighted by molar-refractivity contribution is -0.500. The van der Waals surface area contributed by atoms with Crippen LogP contribution in [-0.2, 0) is 0 Å². The van der Waals surface area contributed by atoms with Gasteiger partial charge in [-0.05, 0) is 12.6 Å². The molecule has 0 aliphatic carbocycles. The fourth-order valence-electron chi connectivity index (χ4n) is 0.739. The molecule has 1 unspecified atom stereocenters. The molecule has 3 nitrogen and oxygen atoms in total. The van der Waals surface area contributed by atoms with Gasteiger partial charge in [-0.3, -0.25) is 10.1 Å². The summed E-state index contributed by atoms with van der Waals surface area (Å²) in [5.41, 5.74) is 0.563. The normalized spacial score (nSPS) is 12.5. The molecule has 0 saturated heterocycles. The van der Waals surface area contributed by atoms with Crippen molar-refractivity contribution in [2.45, 2.75) is 5.37 Å². The summed E-state index contributed by atoms with van der Waals surface area (Å²) >= 11 is 4.63. The molecular weight excluding hydrogens is 162 g/mol. The molecule has 1 rings (SSSR count). The van der Waals surface area contributed by atoms with Crippen LogP contribution in [0, 0.1) is 10.1 Å². The second kappa shape index (κ2) is 3.39. The highest BCUT2D eigenvalue weighted by Gasteiger charge is 2.16. The summed E-state index contributed by atoms with van der Waals surface area (Å²) in [4.78, 5) is 9.72. The maximum Gasteiger partial charge on any atom is 0.293 e. The molecule has 1 atom stereocenters. The Hall–Kier alpha value is -1.03. The Labute approximate surface area is 69.6 Å². The summed E-state index contributed by atoms with van der Waals surface area (Å²) in [6.45, 7) is 0. The maximum atomic E-state index is 10.2. The number of benzene rings is 1. The first kappa shape index (κ1) is 8.07. The van der Waals surface area contributed by atoms with E-state index < -0.39 is 10.3 Å². The van der Waals surface area contributed by atoms with E-state index in [0.29, 0.717) is 5.56 Å². The van der Waals surface area contributed by atoms with Crippen LogP contribution in [0.25, 0.3) is 0 Å². The minimum absolute atomic E-state index is 0.481. The zero-order valence-corrected chi connectivity index (χ0v) is 6.45. The molecule has 1 aromatic rings. The Balaban J connectivity index is 2.85. The van der Waals surface area contributed by atoms with Crippen molar-refractivity contribution < 1.29 is 4.92 Å². The van der Waals surface area contributed by atoms with Crippen molar-refractivity contribution in [3.05, 3.63) is 46.0 Å². The topological polar surface area (TPSA) is 43.1 Å². The minimum atomic E-state index is -1.02. The molecule has 57 valence electrons. The van der Waals surface area contributed by atoms with Gasteiger partial charge in [0.05, 0.1) is 0 Å². The number of nitro groups is 1. The monoisotopic (exact) mass is 168 g/mol. The van der Waals surface area contributed by atoms with Gasteiger partial charge in [-0.25, -0.2) is 0 Å². The quantitative estimate of drug-likeness (QED) is 0.501. The third-order valence-corrected chi connectivity index (χ3v) is 1.72. The fourth-order valence-corrected chi connectivity index (χ4v) is 0.897. The van der Waals surface area contributed by atoms with Crippen molar-refractivity contribution in [2.24, 2.45) is 0 Å². The minimum Gasteiger partial charge on any atom is -0.263 e. The predicted molar refractivity (Wildman–Crippen MR) is 43.8 cm³/mol. The first-order valence-electron chi connectivity index (χ1n) is 3.06. The van der Waals surface area contributed by atoms with Gasteiger partial charge in [0.1, 0.15) is 0 Å². The van der Waals surface area contributed by atoms with Gasteiger partial charge in [0.25, 0.3) is 5.37 Å². The number of rotatable bonds is 2. The van der Waals surface area contributed by atoms with E-state index in [9.17, 15) is 10.1 Å². The second-order valence-electron chi connectivity index (χ2n) is 2.05. The molecule has 0 aliphatic heterocycles. The van der Waals surface area contributed by atoms with E-state index >= 15 is 0 Å². The van der Waals surface area contributed by atoms with Crippen LogP contribution < -0.4 is 0 Å². The Morgan fingerprint density at radius 1 is 1.36 bits per heavy atom. The molecule has 0 saturated carbocycles. The van der Waals surface area contributed by atoms with Gasteiger partial charge in [-0.15, -0.1) is 0 Å². The Kier molecular flexibility index (Phi) is 2.48. The Morgan fingerprint density at radius 2 is 1.91 bits per heavy atom. The molecule has 0 aromatic heterocycles. The lowest BCUT2D eigenvalue weighted by atomic mass is 10.2. The predicted octanol–water partition coefficient (Wildman–Crippen LogP) is 2.16. The highest BCUT2D eigenvalue weighted by atomic mass is 32.1. The molecule has 11 heavy (non-hydrogen) atoms. The van der Waals surface area contributed by atoms with E-state index in [-0.39, 0.29) is 0 Å². The average molecular weight is 168 g/mol. The smallest absolute Gasteiger partial charge is 0.263 e. The highest BCUT2D eigenvalue weighted by Crippen LogP contribution is 2.18. The zero-order chi connectivity index (χ0) is 8.27. The van der Waals surface area contributed by atoms with Gasteiger partial charge in [0.2, 0.25) is 0 Å². The van der Waals surface area contributed by atoms with E-state index in [4.69, 9.17) is 0 Å². The van der Waals surface area contributed by atoms with E-state index in [0.717, 1.165) is 0 Å². The molecule has 0 N–H and O–H groups in total. The lowest BCUT2D eigenvalue weighted by Crippen LogP contribution is -2.02.